The molecular formula is C30H30F2N6O2. The molecule has 40 heavy (non-hydrogen) atoms. The lowest BCUT2D eigenvalue weighted by Crippen LogP contribution is -2.48. The predicted molar refractivity (Wildman–Crippen MR) is 154 cm³/mol. The van der Waals surface area contributed by atoms with Gasteiger partial charge in [-0.3, -0.25) is 9.69 Å². The number of nitrogens with zero attached hydrogens (tertiary/aromatic N) is 4. The molecule has 0 spiro atoms. The van der Waals surface area contributed by atoms with Gasteiger partial charge in [0.15, 0.2) is 11.6 Å². The molecule has 0 bridgehead atoms. The number of rotatable bonds is 8. The van der Waals surface area contributed by atoms with Gasteiger partial charge in [-0.15, -0.1) is 0 Å². The first-order chi connectivity index (χ1) is 19.3. The number of anilines is 4. The summed E-state index contributed by atoms with van der Waals surface area (Å²) in [6.07, 6.45) is 2.38. The molecule has 3 aromatic carbocycles. The van der Waals surface area contributed by atoms with Crippen LogP contribution in [0.5, 0.6) is 0 Å². The maximum atomic E-state index is 15.2. The van der Waals surface area contributed by atoms with Crippen molar-refractivity contribution < 1.29 is 18.7 Å². The number of para-hydroxylation sites is 1. The fourth-order valence-electron chi connectivity index (χ4n) is 4.85. The highest BCUT2D eigenvalue weighted by Crippen LogP contribution is 2.32. The molecule has 10 heteroatoms. The molecule has 4 aromatic rings. The minimum Gasteiger partial charge on any atom is -0.392 e. The number of carbonyl (C=O) groups excluding carboxylic acids is 1. The molecule has 2 heterocycles. The molecule has 1 aromatic heterocycles. The Morgan fingerprint density at radius 2 is 1.88 bits per heavy atom. The highest BCUT2D eigenvalue weighted by atomic mass is 19.2. The first kappa shape index (κ1) is 27.2. The number of aromatic nitrogens is 2. The van der Waals surface area contributed by atoms with Crippen LogP contribution in [0.2, 0.25) is 0 Å². The van der Waals surface area contributed by atoms with Gasteiger partial charge in [0.2, 0.25) is 11.9 Å². The third-order valence-electron chi connectivity index (χ3n) is 6.78. The summed E-state index contributed by atoms with van der Waals surface area (Å²) in [6, 6.07) is 16.0. The molecule has 3 N–H and O–H groups in total. The number of carbonyl (C=O) groups is 1. The molecule has 0 aliphatic carbocycles. The summed E-state index contributed by atoms with van der Waals surface area (Å²) in [5.74, 6) is -2.14. The number of amides is 1. The van der Waals surface area contributed by atoms with E-state index in [0.717, 1.165) is 16.5 Å². The second kappa shape index (κ2) is 11.8. The highest BCUT2D eigenvalue weighted by Gasteiger charge is 2.23. The van der Waals surface area contributed by atoms with Crippen LogP contribution < -0.4 is 15.5 Å². The molecule has 0 unspecified atom stereocenters. The van der Waals surface area contributed by atoms with Crippen LogP contribution in [0.3, 0.4) is 0 Å². The zero-order valence-corrected chi connectivity index (χ0v) is 22.1. The molecule has 0 radical (unpaired) electrons. The molecule has 1 aliphatic heterocycles. The molecule has 206 valence electrons. The van der Waals surface area contributed by atoms with Gasteiger partial charge in [0, 0.05) is 55.6 Å². The topological polar surface area (TPSA) is 93.6 Å². The molecule has 1 saturated heterocycles. The number of aliphatic hydroxyl groups is 1. The van der Waals surface area contributed by atoms with Crippen molar-refractivity contribution in [2.45, 2.75) is 13.0 Å². The number of nitrogens with one attached hydrogen (secondary N) is 2. The average Bonchev–Trinajstić information content (AvgIpc) is 2.95. The number of halogens is 2. The van der Waals surface area contributed by atoms with Crippen molar-refractivity contribution in [3.05, 3.63) is 85.1 Å². The highest BCUT2D eigenvalue weighted by molar-refractivity contribution is 6.00. The van der Waals surface area contributed by atoms with E-state index in [9.17, 15) is 9.90 Å². The number of aliphatic hydroxyl groups excluding tert-OH is 1. The first-order valence-electron chi connectivity index (χ1n) is 13.0. The summed E-state index contributed by atoms with van der Waals surface area (Å²) in [6.45, 7) is 8.14. The fourth-order valence-corrected chi connectivity index (χ4v) is 4.85. The summed E-state index contributed by atoms with van der Waals surface area (Å²) in [5, 5.41) is 15.9. The van der Waals surface area contributed by atoms with E-state index in [-0.39, 0.29) is 23.2 Å². The standard InChI is InChI=1S/C30H30F2N6O2/c1-3-26(40)34-22-8-4-6-20(16-22)23-9-5-7-21-17-33-30(36-29(21)23)35-24-10-11-25(28(32)27(24)31)38-14-12-37(13-15-38)18-19(2)39/h3-11,16-17,19,39H,1,12-15,18H2,2H3,(H,34,40)(H,33,35,36)/t19-/m0/s1. The summed E-state index contributed by atoms with van der Waals surface area (Å²) < 4.78 is 30.3. The molecule has 1 atom stereocenters. The van der Waals surface area contributed by atoms with Crippen LogP contribution in [0.25, 0.3) is 22.0 Å². The van der Waals surface area contributed by atoms with Crippen molar-refractivity contribution in [2.75, 3.05) is 48.3 Å². The first-order valence-corrected chi connectivity index (χ1v) is 13.0. The number of hydrogen-bond acceptors (Lipinski definition) is 7. The van der Waals surface area contributed by atoms with Crippen molar-refractivity contribution in [1.29, 1.82) is 0 Å². The van der Waals surface area contributed by atoms with Crippen molar-refractivity contribution in [3.8, 4) is 11.1 Å². The Balaban J connectivity index is 1.39. The normalized spacial score (nSPS) is 14.7. The SMILES string of the molecule is C=CC(=O)Nc1cccc(-c2cccc3cnc(Nc4ccc(N5CCN(C[C@H](C)O)CC5)c(F)c4F)nc23)c1. The molecule has 5 rings (SSSR count). The number of benzene rings is 3. The van der Waals surface area contributed by atoms with Crippen LogP contribution in [0.4, 0.5) is 31.8 Å². The van der Waals surface area contributed by atoms with E-state index in [1.165, 1.54) is 12.1 Å². The Bertz CT molecular complexity index is 1550. The van der Waals surface area contributed by atoms with Crippen molar-refractivity contribution >= 4 is 39.8 Å². The number of β-amino-alcohol motifs (C(OH)–C–C–N with tert-alkyl or cyclic N) is 1. The van der Waals surface area contributed by atoms with Crippen LogP contribution in [-0.2, 0) is 4.79 Å². The molecule has 1 aliphatic rings. The number of piperazine rings is 1. The number of hydrogen-bond donors (Lipinski definition) is 3. The van der Waals surface area contributed by atoms with Gasteiger partial charge in [0.25, 0.3) is 0 Å². The Labute approximate surface area is 231 Å². The van der Waals surface area contributed by atoms with Gasteiger partial charge in [-0.25, -0.2) is 18.7 Å². The molecule has 1 fully saturated rings. The van der Waals surface area contributed by atoms with Gasteiger partial charge >= 0.3 is 0 Å². The van der Waals surface area contributed by atoms with Gasteiger partial charge in [-0.05, 0) is 42.8 Å². The third kappa shape index (κ3) is 5.93. The van der Waals surface area contributed by atoms with E-state index in [1.54, 1.807) is 25.3 Å². The van der Waals surface area contributed by atoms with E-state index in [4.69, 9.17) is 0 Å². The van der Waals surface area contributed by atoms with Crippen molar-refractivity contribution in [2.24, 2.45) is 0 Å². The lowest BCUT2D eigenvalue weighted by molar-refractivity contribution is -0.111. The minimum absolute atomic E-state index is 0.0695. The van der Waals surface area contributed by atoms with Crippen molar-refractivity contribution in [1.82, 2.24) is 14.9 Å². The Hall–Kier alpha value is -4.41. The van der Waals surface area contributed by atoms with E-state index in [0.29, 0.717) is 43.9 Å². The maximum Gasteiger partial charge on any atom is 0.247 e. The number of fused-ring (bicyclic) bond motifs is 1. The minimum atomic E-state index is -1.01. The second-order valence-corrected chi connectivity index (χ2v) is 9.73. The summed E-state index contributed by atoms with van der Waals surface area (Å²) in [7, 11) is 0. The lowest BCUT2D eigenvalue weighted by Gasteiger charge is -2.36. The molecular weight excluding hydrogens is 514 g/mol. The third-order valence-corrected chi connectivity index (χ3v) is 6.78. The average molecular weight is 545 g/mol. The molecule has 8 nitrogen and oxygen atoms in total. The predicted octanol–water partition coefficient (Wildman–Crippen LogP) is 4.95. The van der Waals surface area contributed by atoms with Crippen LogP contribution >= 0.6 is 0 Å². The Morgan fingerprint density at radius 1 is 1.10 bits per heavy atom. The van der Waals surface area contributed by atoms with E-state index in [1.807, 2.05) is 41.3 Å². The van der Waals surface area contributed by atoms with Crippen LogP contribution in [0, 0.1) is 11.6 Å². The Morgan fingerprint density at radius 3 is 2.62 bits per heavy atom. The molecule has 1 amide bonds. The zero-order chi connectivity index (χ0) is 28.2. The molecule has 0 saturated carbocycles. The summed E-state index contributed by atoms with van der Waals surface area (Å²) in [4.78, 5) is 24.6. The Kier molecular flexibility index (Phi) is 7.99. The van der Waals surface area contributed by atoms with Crippen LogP contribution in [-0.4, -0.2) is 64.7 Å². The van der Waals surface area contributed by atoms with Crippen LogP contribution in [0.1, 0.15) is 6.92 Å². The van der Waals surface area contributed by atoms with Gasteiger partial charge in [0.1, 0.15) is 0 Å². The lowest BCUT2D eigenvalue weighted by atomic mass is 10.0. The fraction of sp³-hybridized carbons (Fsp3) is 0.233. The van der Waals surface area contributed by atoms with Gasteiger partial charge in [-0.2, -0.15) is 0 Å². The summed E-state index contributed by atoms with van der Waals surface area (Å²) >= 11 is 0. The quantitative estimate of drug-likeness (QED) is 0.271. The van der Waals surface area contributed by atoms with Crippen LogP contribution in [0.15, 0.2) is 73.4 Å². The van der Waals surface area contributed by atoms with E-state index < -0.39 is 17.7 Å². The zero-order valence-electron chi connectivity index (χ0n) is 22.1. The smallest absolute Gasteiger partial charge is 0.247 e. The van der Waals surface area contributed by atoms with Gasteiger partial charge in [0.05, 0.1) is 23.0 Å². The second-order valence-electron chi connectivity index (χ2n) is 9.73. The van der Waals surface area contributed by atoms with E-state index in [2.05, 4.69) is 32.1 Å². The van der Waals surface area contributed by atoms with Gasteiger partial charge in [-0.1, -0.05) is 36.9 Å². The monoisotopic (exact) mass is 544 g/mol. The maximum absolute atomic E-state index is 15.2. The summed E-state index contributed by atoms with van der Waals surface area (Å²) in [5.41, 5.74) is 2.94. The van der Waals surface area contributed by atoms with Crippen molar-refractivity contribution in [3.63, 3.8) is 0 Å². The van der Waals surface area contributed by atoms with Gasteiger partial charge < -0.3 is 20.6 Å². The van der Waals surface area contributed by atoms with E-state index >= 15 is 8.78 Å². The largest absolute Gasteiger partial charge is 0.392 e.